The van der Waals surface area contributed by atoms with E-state index in [0.717, 1.165) is 4.90 Å². The summed E-state index contributed by atoms with van der Waals surface area (Å²) in [6.07, 6.45) is 4.46. The zero-order valence-electron chi connectivity index (χ0n) is 11.5. The van der Waals surface area contributed by atoms with Crippen LogP contribution in [0.1, 0.15) is 23.7 Å². The van der Waals surface area contributed by atoms with Crippen LogP contribution in [0, 0.1) is 17.8 Å². The fraction of sp³-hybridized carbons (Fsp3) is 0.312. The van der Waals surface area contributed by atoms with Crippen LogP contribution < -0.4 is 4.90 Å². The molecule has 0 bridgehead atoms. The van der Waals surface area contributed by atoms with Crippen LogP contribution in [0.3, 0.4) is 0 Å². The van der Waals surface area contributed by atoms with Gasteiger partial charge in [-0.15, -0.1) is 0 Å². The van der Waals surface area contributed by atoms with Gasteiger partial charge in [-0.25, -0.2) is 4.79 Å². The van der Waals surface area contributed by atoms with Gasteiger partial charge in [0.1, 0.15) is 0 Å². The molecule has 0 aromatic heterocycles. The second kappa shape index (κ2) is 4.84. The van der Waals surface area contributed by atoms with Crippen LogP contribution in [-0.4, -0.2) is 22.9 Å². The van der Waals surface area contributed by atoms with Crippen molar-refractivity contribution in [3.8, 4) is 0 Å². The average molecular weight is 285 g/mol. The molecule has 1 fully saturated rings. The van der Waals surface area contributed by atoms with E-state index in [1.165, 1.54) is 12.1 Å². The normalized spacial score (nSPS) is 27.9. The highest BCUT2D eigenvalue weighted by Crippen LogP contribution is 2.40. The van der Waals surface area contributed by atoms with Crippen LogP contribution in [-0.2, 0) is 9.59 Å². The molecule has 3 rings (SSSR count). The van der Waals surface area contributed by atoms with Crippen molar-refractivity contribution in [1.82, 2.24) is 0 Å². The van der Waals surface area contributed by atoms with Gasteiger partial charge in [-0.3, -0.25) is 14.5 Å². The third kappa shape index (κ3) is 2.05. The number of rotatable bonds is 2. The minimum absolute atomic E-state index is 0.0212. The number of imide groups is 1. The number of amides is 2. The Morgan fingerprint density at radius 2 is 2.05 bits per heavy atom. The van der Waals surface area contributed by atoms with Crippen molar-refractivity contribution in [3.05, 3.63) is 42.0 Å². The first kappa shape index (κ1) is 13.5. The molecule has 1 heterocycles. The highest BCUT2D eigenvalue weighted by Gasteiger charge is 2.50. The van der Waals surface area contributed by atoms with Gasteiger partial charge in [0.25, 0.3) is 0 Å². The number of allylic oxidation sites excluding steroid dienone is 2. The molecular weight excluding hydrogens is 270 g/mol. The smallest absolute Gasteiger partial charge is 0.335 e. The van der Waals surface area contributed by atoms with Crippen LogP contribution in [0.4, 0.5) is 5.69 Å². The van der Waals surface area contributed by atoms with E-state index in [1.54, 1.807) is 12.1 Å². The Morgan fingerprint density at radius 1 is 1.29 bits per heavy atom. The van der Waals surface area contributed by atoms with Gasteiger partial charge in [-0.1, -0.05) is 25.1 Å². The number of carbonyl (C=O) groups is 3. The highest BCUT2D eigenvalue weighted by atomic mass is 16.4. The lowest BCUT2D eigenvalue weighted by atomic mass is 9.78. The van der Waals surface area contributed by atoms with Crippen LogP contribution in [0.5, 0.6) is 0 Å². The van der Waals surface area contributed by atoms with E-state index in [0.29, 0.717) is 12.1 Å². The first-order valence-electron chi connectivity index (χ1n) is 6.88. The number of fused-ring (bicyclic) bond motifs is 1. The van der Waals surface area contributed by atoms with Gasteiger partial charge in [-0.05, 0) is 30.5 Å². The lowest BCUT2D eigenvalue weighted by Crippen LogP contribution is -2.31. The maximum Gasteiger partial charge on any atom is 0.335 e. The van der Waals surface area contributed by atoms with E-state index in [-0.39, 0.29) is 35.1 Å². The van der Waals surface area contributed by atoms with E-state index in [2.05, 4.69) is 0 Å². The number of nitrogens with zero attached hydrogens (tertiary/aromatic N) is 1. The summed E-state index contributed by atoms with van der Waals surface area (Å²) in [5.74, 6) is -2.19. The molecule has 0 spiro atoms. The van der Waals surface area contributed by atoms with E-state index < -0.39 is 5.97 Å². The van der Waals surface area contributed by atoms with Crippen molar-refractivity contribution in [1.29, 1.82) is 0 Å². The first-order chi connectivity index (χ1) is 10.0. The van der Waals surface area contributed by atoms with Crippen molar-refractivity contribution in [2.45, 2.75) is 13.3 Å². The van der Waals surface area contributed by atoms with Gasteiger partial charge >= 0.3 is 5.97 Å². The zero-order chi connectivity index (χ0) is 15.1. The number of carboxylic acids is 1. The second-order valence-electron chi connectivity index (χ2n) is 5.52. The number of carboxylic acid groups (broad SMARTS) is 1. The SMILES string of the molecule is C[C@@H]1C=CC[C@H]2C(=O)N(c3cccc(C(=O)O)c3)C(=O)[C@@H]12. The Morgan fingerprint density at radius 3 is 2.71 bits per heavy atom. The van der Waals surface area contributed by atoms with Crippen LogP contribution in [0.15, 0.2) is 36.4 Å². The molecule has 1 saturated heterocycles. The summed E-state index contributed by atoms with van der Waals surface area (Å²) in [5.41, 5.74) is 0.403. The molecule has 1 aliphatic carbocycles. The summed E-state index contributed by atoms with van der Waals surface area (Å²) in [5, 5.41) is 9.03. The maximum absolute atomic E-state index is 12.6. The summed E-state index contributed by atoms with van der Waals surface area (Å²) in [7, 11) is 0. The third-order valence-corrected chi connectivity index (χ3v) is 4.22. The first-order valence-corrected chi connectivity index (χ1v) is 6.88. The second-order valence-corrected chi connectivity index (χ2v) is 5.52. The number of aromatic carboxylic acids is 1. The molecule has 108 valence electrons. The fourth-order valence-electron chi connectivity index (χ4n) is 3.18. The summed E-state index contributed by atoms with van der Waals surface area (Å²) >= 11 is 0. The Kier molecular flexibility index (Phi) is 3.12. The number of carbonyl (C=O) groups excluding carboxylic acids is 2. The molecule has 0 radical (unpaired) electrons. The summed E-state index contributed by atoms with van der Waals surface area (Å²) in [6, 6.07) is 5.95. The predicted molar refractivity (Wildman–Crippen MR) is 75.8 cm³/mol. The average Bonchev–Trinajstić information content (AvgIpc) is 2.72. The molecule has 1 aliphatic heterocycles. The van der Waals surface area contributed by atoms with Crippen molar-refractivity contribution >= 4 is 23.5 Å². The Hall–Kier alpha value is -2.43. The fourth-order valence-corrected chi connectivity index (χ4v) is 3.18. The van der Waals surface area contributed by atoms with Gasteiger partial charge in [0, 0.05) is 0 Å². The van der Waals surface area contributed by atoms with Gasteiger partial charge in [-0.2, -0.15) is 0 Å². The van der Waals surface area contributed by atoms with Gasteiger partial charge < -0.3 is 5.11 Å². The zero-order valence-corrected chi connectivity index (χ0v) is 11.5. The standard InChI is InChI=1S/C16H15NO4/c1-9-4-2-7-12-13(9)15(19)17(14(12)18)11-6-3-5-10(8-11)16(20)21/h2-6,8-9,12-13H,7H2,1H3,(H,20,21)/t9-,12-,13+/m1/s1. The van der Waals surface area contributed by atoms with Crippen molar-refractivity contribution in [3.63, 3.8) is 0 Å². The Labute approximate surface area is 121 Å². The Balaban J connectivity index is 2.00. The van der Waals surface area contributed by atoms with E-state index >= 15 is 0 Å². The monoisotopic (exact) mass is 285 g/mol. The molecule has 2 amide bonds. The minimum atomic E-state index is -1.08. The lowest BCUT2D eigenvalue weighted by molar-refractivity contribution is -0.122. The molecule has 3 atom stereocenters. The molecule has 0 unspecified atom stereocenters. The molecule has 2 aliphatic rings. The summed E-state index contributed by atoms with van der Waals surface area (Å²) in [6.45, 7) is 1.93. The van der Waals surface area contributed by atoms with Crippen molar-refractivity contribution in [2.24, 2.45) is 17.8 Å². The summed E-state index contributed by atoms with van der Waals surface area (Å²) < 4.78 is 0. The minimum Gasteiger partial charge on any atom is -0.478 e. The topological polar surface area (TPSA) is 74.7 Å². The van der Waals surface area contributed by atoms with E-state index in [9.17, 15) is 14.4 Å². The van der Waals surface area contributed by atoms with E-state index in [1.807, 2.05) is 19.1 Å². The molecular formula is C16H15NO4. The number of benzene rings is 1. The van der Waals surface area contributed by atoms with Gasteiger partial charge in [0.15, 0.2) is 0 Å². The summed E-state index contributed by atoms with van der Waals surface area (Å²) in [4.78, 5) is 37.2. The third-order valence-electron chi connectivity index (χ3n) is 4.22. The maximum atomic E-state index is 12.6. The number of hydrogen-bond acceptors (Lipinski definition) is 3. The molecule has 1 aromatic carbocycles. The Bertz CT molecular complexity index is 664. The molecule has 5 nitrogen and oxygen atoms in total. The van der Waals surface area contributed by atoms with Gasteiger partial charge in [0.05, 0.1) is 23.1 Å². The quantitative estimate of drug-likeness (QED) is 0.667. The van der Waals surface area contributed by atoms with Crippen molar-refractivity contribution < 1.29 is 19.5 Å². The molecule has 21 heavy (non-hydrogen) atoms. The van der Waals surface area contributed by atoms with Crippen LogP contribution >= 0.6 is 0 Å². The highest BCUT2D eigenvalue weighted by molar-refractivity contribution is 6.22. The molecule has 1 aromatic rings. The van der Waals surface area contributed by atoms with Crippen LogP contribution in [0.2, 0.25) is 0 Å². The van der Waals surface area contributed by atoms with E-state index in [4.69, 9.17) is 5.11 Å². The number of hydrogen-bond donors (Lipinski definition) is 1. The molecule has 5 heteroatoms. The lowest BCUT2D eigenvalue weighted by Gasteiger charge is -2.22. The predicted octanol–water partition coefficient (Wildman–Crippen LogP) is 2.09. The van der Waals surface area contributed by atoms with Crippen LogP contribution in [0.25, 0.3) is 0 Å². The van der Waals surface area contributed by atoms with Crippen molar-refractivity contribution in [2.75, 3.05) is 4.90 Å². The molecule has 0 saturated carbocycles. The molecule has 1 N–H and O–H groups in total. The van der Waals surface area contributed by atoms with Gasteiger partial charge in [0.2, 0.25) is 11.8 Å². The number of anilines is 1. The largest absolute Gasteiger partial charge is 0.478 e.